The molecule has 5 rings (SSSR count). The zero-order valence-corrected chi connectivity index (χ0v) is 18.0. The van der Waals surface area contributed by atoms with E-state index in [4.69, 9.17) is 4.74 Å². The number of benzene rings is 1. The Morgan fingerprint density at radius 1 is 1.17 bits per heavy atom. The van der Waals surface area contributed by atoms with Crippen LogP contribution in [0.1, 0.15) is 58.9 Å². The van der Waals surface area contributed by atoms with Crippen LogP contribution in [0, 0.1) is 5.92 Å². The first-order chi connectivity index (χ1) is 14.6. The molecule has 0 radical (unpaired) electrons. The van der Waals surface area contributed by atoms with Crippen LogP contribution in [0.2, 0.25) is 0 Å². The lowest BCUT2D eigenvalue weighted by molar-refractivity contribution is 0.0731. The van der Waals surface area contributed by atoms with Crippen LogP contribution < -0.4 is 4.74 Å². The second-order valence-electron chi connectivity index (χ2n) is 9.28. The molecule has 5 heteroatoms. The van der Waals surface area contributed by atoms with Gasteiger partial charge in [-0.2, -0.15) is 0 Å². The molecule has 0 spiro atoms. The van der Waals surface area contributed by atoms with Crippen molar-refractivity contribution in [2.24, 2.45) is 5.92 Å². The third kappa shape index (κ3) is 3.95. The van der Waals surface area contributed by atoms with Crippen molar-refractivity contribution in [1.82, 2.24) is 14.8 Å². The van der Waals surface area contributed by atoms with Gasteiger partial charge < -0.3 is 9.64 Å². The summed E-state index contributed by atoms with van der Waals surface area (Å²) in [5, 5.41) is 0. The number of nitrogens with zero attached hydrogens (tertiary/aromatic N) is 3. The fraction of sp³-hybridized carbons (Fsp3) is 0.520. The summed E-state index contributed by atoms with van der Waals surface area (Å²) in [4.78, 5) is 21.7. The lowest BCUT2D eigenvalue weighted by atomic mass is 10.00. The van der Waals surface area contributed by atoms with E-state index in [0.717, 1.165) is 25.2 Å². The third-order valence-corrected chi connectivity index (χ3v) is 7.05. The fourth-order valence-electron chi connectivity index (χ4n) is 4.86. The van der Waals surface area contributed by atoms with Gasteiger partial charge in [0.05, 0.1) is 12.8 Å². The SMILES string of the molecule is CN(C(=O)c1ccc(OCC2CC2)cn1)C1Cc2ccc([C@H]3CCCN3C)cc2C1. The van der Waals surface area contributed by atoms with Gasteiger partial charge in [0.1, 0.15) is 11.4 Å². The molecule has 1 saturated carbocycles. The molecule has 0 bridgehead atoms. The summed E-state index contributed by atoms with van der Waals surface area (Å²) in [6.45, 7) is 1.94. The van der Waals surface area contributed by atoms with Crippen molar-refractivity contribution in [1.29, 1.82) is 0 Å². The Hall–Kier alpha value is -2.40. The van der Waals surface area contributed by atoms with Gasteiger partial charge in [-0.1, -0.05) is 18.2 Å². The Morgan fingerprint density at radius 2 is 2.00 bits per heavy atom. The molecule has 3 aliphatic rings. The fourth-order valence-corrected chi connectivity index (χ4v) is 4.86. The minimum Gasteiger partial charge on any atom is -0.492 e. The topological polar surface area (TPSA) is 45.7 Å². The Balaban J connectivity index is 1.23. The van der Waals surface area contributed by atoms with Crippen molar-refractivity contribution in [2.75, 3.05) is 27.2 Å². The number of aromatic nitrogens is 1. The lowest BCUT2D eigenvalue weighted by Gasteiger charge is -2.24. The van der Waals surface area contributed by atoms with E-state index in [1.165, 1.54) is 48.9 Å². The molecule has 2 aliphatic carbocycles. The normalized spacial score (nSPS) is 23.4. The van der Waals surface area contributed by atoms with Crippen molar-refractivity contribution in [3.8, 4) is 5.75 Å². The first-order valence-electron chi connectivity index (χ1n) is 11.3. The van der Waals surface area contributed by atoms with E-state index < -0.39 is 0 Å². The van der Waals surface area contributed by atoms with Crippen LogP contribution in [0.25, 0.3) is 0 Å². The number of pyridine rings is 1. The molecule has 1 aromatic carbocycles. The summed E-state index contributed by atoms with van der Waals surface area (Å²) in [5.41, 5.74) is 4.68. The minimum atomic E-state index is -0.0164. The number of carbonyl (C=O) groups is 1. The number of fused-ring (bicyclic) bond motifs is 1. The van der Waals surface area contributed by atoms with Crippen molar-refractivity contribution >= 4 is 5.91 Å². The summed E-state index contributed by atoms with van der Waals surface area (Å²) in [6.07, 6.45) is 8.55. The molecule has 5 nitrogen and oxygen atoms in total. The van der Waals surface area contributed by atoms with Crippen LogP contribution in [0.15, 0.2) is 36.5 Å². The average molecular weight is 406 g/mol. The molecule has 1 aliphatic heterocycles. The molecule has 1 saturated heterocycles. The molecule has 1 unspecified atom stereocenters. The molecule has 158 valence electrons. The number of hydrogen-bond donors (Lipinski definition) is 0. The van der Waals surface area contributed by atoms with Crippen LogP contribution in [0.3, 0.4) is 0 Å². The zero-order valence-electron chi connectivity index (χ0n) is 18.0. The molecule has 2 fully saturated rings. The van der Waals surface area contributed by atoms with Crippen molar-refractivity contribution < 1.29 is 9.53 Å². The van der Waals surface area contributed by atoms with Gasteiger partial charge in [0.2, 0.25) is 0 Å². The van der Waals surface area contributed by atoms with E-state index in [2.05, 4.69) is 35.1 Å². The molecule has 0 N–H and O–H groups in total. The molecular weight excluding hydrogens is 374 g/mol. The smallest absolute Gasteiger partial charge is 0.272 e. The van der Waals surface area contributed by atoms with Crippen LogP contribution in [-0.4, -0.2) is 54.0 Å². The van der Waals surface area contributed by atoms with Crippen LogP contribution in [0.5, 0.6) is 5.75 Å². The quantitative estimate of drug-likeness (QED) is 0.732. The van der Waals surface area contributed by atoms with Gasteiger partial charge >= 0.3 is 0 Å². The number of rotatable bonds is 6. The molecule has 1 aromatic heterocycles. The van der Waals surface area contributed by atoms with Crippen molar-refractivity contribution in [2.45, 2.75) is 50.6 Å². The maximum atomic E-state index is 13.0. The largest absolute Gasteiger partial charge is 0.492 e. The average Bonchev–Trinajstić information content (AvgIpc) is 3.34. The first-order valence-corrected chi connectivity index (χ1v) is 11.3. The second kappa shape index (κ2) is 8.03. The third-order valence-electron chi connectivity index (χ3n) is 7.05. The van der Waals surface area contributed by atoms with E-state index in [9.17, 15) is 4.79 Å². The molecule has 1 amide bonds. The van der Waals surface area contributed by atoms with Gasteiger partial charge in [-0.05, 0) is 86.9 Å². The predicted octanol–water partition coefficient (Wildman–Crippen LogP) is 3.88. The van der Waals surface area contributed by atoms with Gasteiger partial charge in [-0.3, -0.25) is 9.69 Å². The van der Waals surface area contributed by atoms with Gasteiger partial charge in [0.25, 0.3) is 5.91 Å². The Labute approximate surface area is 179 Å². The predicted molar refractivity (Wildman–Crippen MR) is 117 cm³/mol. The maximum Gasteiger partial charge on any atom is 0.272 e. The van der Waals surface area contributed by atoms with E-state index >= 15 is 0 Å². The highest BCUT2D eigenvalue weighted by Gasteiger charge is 2.30. The van der Waals surface area contributed by atoms with Crippen LogP contribution >= 0.6 is 0 Å². The minimum absolute atomic E-state index is 0.0164. The Morgan fingerprint density at radius 3 is 2.70 bits per heavy atom. The summed E-state index contributed by atoms with van der Waals surface area (Å²) >= 11 is 0. The Kier molecular flexibility index (Phi) is 5.23. The molecule has 2 atom stereocenters. The van der Waals surface area contributed by atoms with Gasteiger partial charge in [-0.25, -0.2) is 4.98 Å². The number of hydrogen-bond acceptors (Lipinski definition) is 4. The molecule has 2 aromatic rings. The zero-order chi connectivity index (χ0) is 20.7. The van der Waals surface area contributed by atoms with Gasteiger partial charge in [0, 0.05) is 19.1 Å². The monoisotopic (exact) mass is 405 g/mol. The van der Waals surface area contributed by atoms with Gasteiger partial charge in [0.15, 0.2) is 0 Å². The maximum absolute atomic E-state index is 13.0. The van der Waals surface area contributed by atoms with Crippen molar-refractivity contribution in [3.05, 3.63) is 58.9 Å². The summed E-state index contributed by atoms with van der Waals surface area (Å²) in [5.74, 6) is 1.44. The number of amides is 1. The summed E-state index contributed by atoms with van der Waals surface area (Å²) in [6, 6.07) is 11.3. The van der Waals surface area contributed by atoms with Crippen molar-refractivity contribution in [3.63, 3.8) is 0 Å². The number of ether oxygens (including phenoxy) is 1. The summed E-state index contributed by atoms with van der Waals surface area (Å²) < 4.78 is 5.74. The number of likely N-dealkylation sites (tertiary alicyclic amines) is 1. The molecule has 2 heterocycles. The van der Waals surface area contributed by atoms with Gasteiger partial charge in [-0.15, -0.1) is 0 Å². The Bertz CT molecular complexity index is 922. The lowest BCUT2D eigenvalue weighted by Crippen LogP contribution is -2.38. The van der Waals surface area contributed by atoms with Crippen LogP contribution in [0.4, 0.5) is 0 Å². The first kappa shape index (κ1) is 19.6. The summed E-state index contributed by atoms with van der Waals surface area (Å²) in [7, 11) is 4.12. The number of likely N-dealkylation sites (N-methyl/N-ethyl adjacent to an activating group) is 1. The van der Waals surface area contributed by atoms with E-state index in [1.54, 1.807) is 12.3 Å². The highest BCUT2D eigenvalue weighted by atomic mass is 16.5. The highest BCUT2D eigenvalue weighted by molar-refractivity contribution is 5.92. The van der Waals surface area contributed by atoms with E-state index in [-0.39, 0.29) is 11.9 Å². The van der Waals surface area contributed by atoms with Crippen LogP contribution in [-0.2, 0) is 12.8 Å². The molecular formula is C25H31N3O2. The van der Waals surface area contributed by atoms with E-state index in [0.29, 0.717) is 17.7 Å². The highest BCUT2D eigenvalue weighted by Crippen LogP contribution is 2.34. The second-order valence-corrected chi connectivity index (χ2v) is 9.28. The molecule has 30 heavy (non-hydrogen) atoms. The van der Waals surface area contributed by atoms with E-state index in [1.807, 2.05) is 18.0 Å². The number of carbonyl (C=O) groups excluding carboxylic acids is 1. The standard InChI is InChI=1S/C25H31N3O2/c1-27-11-3-4-24(27)19-8-7-18-13-21(14-20(18)12-19)28(2)25(29)23-10-9-22(15-26-23)30-16-17-5-6-17/h7-10,12,15,17,21,24H,3-6,11,13-14,16H2,1-2H3/t21?,24-/m1/s1.